The van der Waals surface area contributed by atoms with E-state index in [-0.39, 0.29) is 24.0 Å². The fourth-order valence-electron chi connectivity index (χ4n) is 4.70. The Morgan fingerprint density at radius 3 is 2.67 bits per heavy atom. The predicted molar refractivity (Wildman–Crippen MR) is 100 cm³/mol. The molecule has 0 aromatic heterocycles. The average molecular weight is 366 g/mol. The Labute approximate surface area is 157 Å². The van der Waals surface area contributed by atoms with Gasteiger partial charge in [0.05, 0.1) is 0 Å². The van der Waals surface area contributed by atoms with Crippen molar-refractivity contribution in [3.8, 4) is 17.2 Å². The number of benzene rings is 2. The number of nitrogens with one attached hydrogen (secondary N) is 1. The molecule has 6 heteroatoms. The van der Waals surface area contributed by atoms with E-state index in [1.165, 1.54) is 12.1 Å². The molecule has 3 N–H and O–H groups in total. The Bertz CT molecular complexity index is 922. The number of aromatic hydroxyl groups is 2. The number of hydrogen-bond acceptors (Lipinski definition) is 5. The van der Waals surface area contributed by atoms with Gasteiger partial charge in [0, 0.05) is 23.9 Å². The summed E-state index contributed by atoms with van der Waals surface area (Å²) in [6.45, 7) is 2.85. The fraction of sp³-hybridized carbons (Fsp3) is 0.381. The Morgan fingerprint density at radius 2 is 1.85 bits per heavy atom. The van der Waals surface area contributed by atoms with E-state index in [1.54, 1.807) is 0 Å². The van der Waals surface area contributed by atoms with Crippen LogP contribution in [0.2, 0.25) is 0 Å². The third-order valence-electron chi connectivity index (χ3n) is 6.15. The highest BCUT2D eigenvalue weighted by atomic mass is 16.5. The van der Waals surface area contributed by atoms with Crippen molar-refractivity contribution < 1.29 is 19.7 Å². The number of hydrogen-bond donors (Lipinski definition) is 3. The van der Waals surface area contributed by atoms with Gasteiger partial charge in [-0.1, -0.05) is 18.2 Å². The SMILES string of the molecule is O=C1N(CC2CCNCC2)c2ccccc2C12COc1cc(O)c(O)cc12. The zero-order valence-electron chi connectivity index (χ0n) is 14.9. The Balaban J connectivity index is 1.61. The Morgan fingerprint density at radius 1 is 1.11 bits per heavy atom. The minimum Gasteiger partial charge on any atom is -0.504 e. The van der Waals surface area contributed by atoms with Crippen LogP contribution in [0.25, 0.3) is 0 Å². The molecule has 2 aromatic carbocycles. The molecule has 1 unspecified atom stereocenters. The molecule has 0 bridgehead atoms. The zero-order chi connectivity index (χ0) is 18.6. The highest BCUT2D eigenvalue weighted by Gasteiger charge is 2.57. The second-order valence-electron chi connectivity index (χ2n) is 7.66. The van der Waals surface area contributed by atoms with Crippen molar-refractivity contribution in [1.29, 1.82) is 0 Å². The normalized spacial score (nSPS) is 24.1. The van der Waals surface area contributed by atoms with Gasteiger partial charge in [-0.25, -0.2) is 0 Å². The van der Waals surface area contributed by atoms with Crippen molar-refractivity contribution in [2.24, 2.45) is 5.92 Å². The lowest BCUT2D eigenvalue weighted by molar-refractivity contribution is -0.122. The molecule has 3 aliphatic heterocycles. The van der Waals surface area contributed by atoms with Crippen molar-refractivity contribution in [2.75, 3.05) is 31.1 Å². The van der Waals surface area contributed by atoms with Crippen LogP contribution >= 0.6 is 0 Å². The first kappa shape index (κ1) is 16.4. The van der Waals surface area contributed by atoms with Gasteiger partial charge >= 0.3 is 0 Å². The smallest absolute Gasteiger partial charge is 0.245 e. The van der Waals surface area contributed by atoms with Crippen LogP contribution in [0.15, 0.2) is 36.4 Å². The second kappa shape index (κ2) is 5.89. The number of rotatable bonds is 2. The quantitative estimate of drug-likeness (QED) is 0.710. The molecule has 1 amide bonds. The van der Waals surface area contributed by atoms with E-state index in [1.807, 2.05) is 29.2 Å². The first-order chi connectivity index (χ1) is 13.1. The third kappa shape index (κ3) is 2.26. The molecule has 27 heavy (non-hydrogen) atoms. The summed E-state index contributed by atoms with van der Waals surface area (Å²) in [7, 11) is 0. The number of fused-ring (bicyclic) bond motifs is 4. The molecule has 2 aromatic rings. The van der Waals surface area contributed by atoms with Gasteiger partial charge in [0.15, 0.2) is 11.5 Å². The summed E-state index contributed by atoms with van der Waals surface area (Å²) in [5, 5.41) is 23.2. The van der Waals surface area contributed by atoms with E-state index < -0.39 is 5.41 Å². The van der Waals surface area contributed by atoms with Crippen LogP contribution in [-0.4, -0.2) is 42.4 Å². The molecule has 140 valence electrons. The van der Waals surface area contributed by atoms with Gasteiger partial charge in [0.1, 0.15) is 17.8 Å². The molecule has 0 saturated carbocycles. The summed E-state index contributed by atoms with van der Waals surface area (Å²) in [5.74, 6) is 0.438. The fourth-order valence-corrected chi connectivity index (χ4v) is 4.70. The van der Waals surface area contributed by atoms with E-state index in [9.17, 15) is 15.0 Å². The maximum Gasteiger partial charge on any atom is 0.245 e. The van der Waals surface area contributed by atoms with Crippen LogP contribution < -0.4 is 15.0 Å². The first-order valence-electron chi connectivity index (χ1n) is 9.43. The molecular weight excluding hydrogens is 344 g/mol. The lowest BCUT2D eigenvalue weighted by Gasteiger charge is -2.29. The number of carbonyl (C=O) groups excluding carboxylic acids is 1. The summed E-state index contributed by atoms with van der Waals surface area (Å²) >= 11 is 0. The number of amides is 1. The third-order valence-corrected chi connectivity index (χ3v) is 6.15. The van der Waals surface area contributed by atoms with E-state index >= 15 is 0 Å². The molecule has 6 nitrogen and oxygen atoms in total. The molecule has 1 spiro atoms. The molecule has 0 aliphatic carbocycles. The molecule has 0 radical (unpaired) electrons. The van der Waals surface area contributed by atoms with Crippen molar-refractivity contribution in [3.05, 3.63) is 47.5 Å². The van der Waals surface area contributed by atoms with Gasteiger partial charge in [-0.15, -0.1) is 0 Å². The summed E-state index contributed by atoms with van der Waals surface area (Å²) in [5.41, 5.74) is 1.50. The number of carbonyl (C=O) groups is 1. The van der Waals surface area contributed by atoms with Crippen molar-refractivity contribution in [2.45, 2.75) is 18.3 Å². The zero-order valence-corrected chi connectivity index (χ0v) is 14.9. The summed E-state index contributed by atoms with van der Waals surface area (Å²) in [4.78, 5) is 15.6. The topological polar surface area (TPSA) is 82.0 Å². The monoisotopic (exact) mass is 366 g/mol. The average Bonchev–Trinajstić information content (AvgIpc) is 3.16. The minimum absolute atomic E-state index is 0.00827. The Hall–Kier alpha value is -2.73. The molecule has 1 saturated heterocycles. The number of piperidine rings is 1. The van der Waals surface area contributed by atoms with Gasteiger partial charge in [0.2, 0.25) is 5.91 Å². The Kier molecular flexibility index (Phi) is 3.59. The predicted octanol–water partition coefficient (Wildman–Crippen LogP) is 2.12. The maximum atomic E-state index is 13.7. The molecule has 3 aliphatic rings. The molecule has 1 atom stereocenters. The number of ether oxygens (including phenoxy) is 1. The van der Waals surface area contributed by atoms with Crippen molar-refractivity contribution >= 4 is 11.6 Å². The van der Waals surface area contributed by atoms with E-state index in [2.05, 4.69) is 5.32 Å². The van der Waals surface area contributed by atoms with Crippen LogP contribution in [0.3, 0.4) is 0 Å². The first-order valence-corrected chi connectivity index (χ1v) is 9.43. The molecular formula is C21H22N2O4. The van der Waals surface area contributed by atoms with E-state index in [4.69, 9.17) is 4.74 Å². The van der Waals surface area contributed by atoms with Gasteiger partial charge in [-0.05, 0) is 49.5 Å². The molecule has 1 fully saturated rings. The van der Waals surface area contributed by atoms with Crippen LogP contribution in [0, 0.1) is 5.92 Å². The van der Waals surface area contributed by atoms with E-state index in [0.29, 0.717) is 23.8 Å². The minimum atomic E-state index is -0.954. The van der Waals surface area contributed by atoms with Crippen LogP contribution in [0.4, 0.5) is 5.69 Å². The van der Waals surface area contributed by atoms with Gasteiger partial charge in [-0.3, -0.25) is 4.79 Å². The second-order valence-corrected chi connectivity index (χ2v) is 7.66. The highest BCUT2D eigenvalue weighted by Crippen LogP contribution is 2.54. The number of nitrogens with zero attached hydrogens (tertiary/aromatic N) is 1. The summed E-state index contributed by atoms with van der Waals surface area (Å²) < 4.78 is 5.81. The van der Waals surface area contributed by atoms with Crippen molar-refractivity contribution in [1.82, 2.24) is 5.32 Å². The molecule has 3 heterocycles. The van der Waals surface area contributed by atoms with Gasteiger partial charge < -0.3 is 25.2 Å². The maximum absolute atomic E-state index is 13.7. The van der Waals surface area contributed by atoms with Crippen LogP contribution in [0.1, 0.15) is 24.0 Å². The lowest BCUT2D eigenvalue weighted by Crippen LogP contribution is -2.45. The van der Waals surface area contributed by atoms with Crippen LogP contribution in [0.5, 0.6) is 17.2 Å². The largest absolute Gasteiger partial charge is 0.504 e. The molecule has 5 rings (SSSR count). The summed E-state index contributed by atoms with van der Waals surface area (Å²) in [6.07, 6.45) is 2.11. The lowest BCUT2D eigenvalue weighted by atomic mass is 9.77. The van der Waals surface area contributed by atoms with Gasteiger partial charge in [-0.2, -0.15) is 0 Å². The van der Waals surface area contributed by atoms with Gasteiger partial charge in [0.25, 0.3) is 0 Å². The van der Waals surface area contributed by atoms with E-state index in [0.717, 1.165) is 37.2 Å². The van der Waals surface area contributed by atoms with Crippen LogP contribution in [-0.2, 0) is 10.2 Å². The number of para-hydroxylation sites is 1. The number of anilines is 1. The van der Waals surface area contributed by atoms with Crippen molar-refractivity contribution in [3.63, 3.8) is 0 Å². The number of phenols is 2. The standard InChI is InChI=1S/C21H22N2O4/c24-17-9-15-19(10-18(17)25)27-12-21(15)14-3-1-2-4-16(14)23(20(21)26)11-13-5-7-22-8-6-13/h1-4,9-10,13,22,24-25H,5-8,11-12H2. The summed E-state index contributed by atoms with van der Waals surface area (Å²) in [6, 6.07) is 10.7. The highest BCUT2D eigenvalue weighted by molar-refractivity contribution is 6.11. The number of phenolic OH excluding ortho intramolecular Hbond substituents is 2.